The Morgan fingerprint density at radius 3 is 2.57 bits per heavy atom. The number of cyclic esters (lactones) is 1. The quantitative estimate of drug-likeness (QED) is 0.743. The van der Waals surface area contributed by atoms with Gasteiger partial charge in [0.15, 0.2) is 0 Å². The van der Waals surface area contributed by atoms with Gasteiger partial charge in [0.05, 0.1) is 16.6 Å². The Hall–Kier alpha value is -1.26. The second kappa shape index (κ2) is 5.50. The highest BCUT2D eigenvalue weighted by molar-refractivity contribution is 6.42. The number of amides is 1. The molecule has 1 amide bonds. The first kappa shape index (κ1) is 14.7. The Labute approximate surface area is 133 Å². The van der Waals surface area contributed by atoms with Crippen LogP contribution in [0.3, 0.4) is 0 Å². The summed E-state index contributed by atoms with van der Waals surface area (Å²) in [5, 5.41) is 0.740. The molecule has 1 aromatic carbocycles. The van der Waals surface area contributed by atoms with Crippen molar-refractivity contribution in [3.63, 3.8) is 0 Å². The van der Waals surface area contributed by atoms with Crippen molar-refractivity contribution in [2.45, 2.75) is 31.2 Å². The predicted molar refractivity (Wildman–Crippen MR) is 79.7 cm³/mol. The summed E-state index contributed by atoms with van der Waals surface area (Å²) in [7, 11) is 0. The number of carbonyl (C=O) groups is 2. The highest BCUT2D eigenvalue weighted by atomic mass is 35.5. The number of rotatable bonds is 1. The average molecular weight is 328 g/mol. The summed E-state index contributed by atoms with van der Waals surface area (Å²) in [6.07, 6.45) is 3.19. The van der Waals surface area contributed by atoms with Gasteiger partial charge in [0.1, 0.15) is 12.1 Å². The van der Waals surface area contributed by atoms with E-state index in [0.29, 0.717) is 35.0 Å². The molecule has 1 aliphatic heterocycles. The molecule has 0 N–H and O–H groups in total. The van der Waals surface area contributed by atoms with E-state index < -0.39 is 5.54 Å². The van der Waals surface area contributed by atoms with Crippen LogP contribution in [0.4, 0.5) is 0 Å². The minimum absolute atomic E-state index is 0.188. The maximum atomic E-state index is 12.8. The maximum absolute atomic E-state index is 12.8. The van der Waals surface area contributed by atoms with Gasteiger partial charge >= 0.3 is 5.97 Å². The van der Waals surface area contributed by atoms with E-state index in [1.807, 2.05) is 0 Å². The molecule has 0 aromatic heterocycles. The molecule has 1 heterocycles. The smallest absolute Gasteiger partial charge is 0.332 e. The topological polar surface area (TPSA) is 46.6 Å². The van der Waals surface area contributed by atoms with Gasteiger partial charge in [-0.15, -0.1) is 0 Å². The molecule has 1 saturated carbocycles. The molecule has 0 radical (unpaired) electrons. The van der Waals surface area contributed by atoms with E-state index in [1.165, 1.54) is 0 Å². The fourth-order valence-corrected chi connectivity index (χ4v) is 3.50. The molecule has 21 heavy (non-hydrogen) atoms. The van der Waals surface area contributed by atoms with Crippen LogP contribution in [0.5, 0.6) is 0 Å². The second-order valence-electron chi connectivity index (χ2n) is 5.46. The number of benzene rings is 1. The van der Waals surface area contributed by atoms with Crippen LogP contribution >= 0.6 is 23.2 Å². The summed E-state index contributed by atoms with van der Waals surface area (Å²) in [5.74, 6) is -0.466. The average Bonchev–Trinajstić information content (AvgIpc) is 2.95. The van der Waals surface area contributed by atoms with E-state index in [4.69, 9.17) is 27.9 Å². The van der Waals surface area contributed by atoms with Crippen LogP contribution in [-0.4, -0.2) is 35.5 Å². The summed E-state index contributed by atoms with van der Waals surface area (Å²) in [4.78, 5) is 26.7. The zero-order valence-electron chi connectivity index (χ0n) is 11.4. The lowest BCUT2D eigenvalue weighted by atomic mass is 9.92. The van der Waals surface area contributed by atoms with Crippen molar-refractivity contribution in [3.05, 3.63) is 33.8 Å². The first-order valence-electron chi connectivity index (χ1n) is 6.99. The minimum Gasteiger partial charge on any atom is -0.462 e. The Bertz CT molecular complexity index is 597. The first-order chi connectivity index (χ1) is 10.0. The monoisotopic (exact) mass is 327 g/mol. The molecule has 0 atom stereocenters. The number of morpholine rings is 1. The summed E-state index contributed by atoms with van der Waals surface area (Å²) in [5.41, 5.74) is -0.341. The normalized spacial score (nSPS) is 20.7. The molecule has 1 aromatic rings. The minimum atomic E-state index is -0.790. The van der Waals surface area contributed by atoms with E-state index in [9.17, 15) is 9.59 Å². The molecular formula is C15H15Cl2NO3. The van der Waals surface area contributed by atoms with Crippen LogP contribution in [0.15, 0.2) is 18.2 Å². The van der Waals surface area contributed by atoms with Crippen molar-refractivity contribution in [1.82, 2.24) is 4.90 Å². The van der Waals surface area contributed by atoms with Crippen LogP contribution in [-0.2, 0) is 9.53 Å². The lowest BCUT2D eigenvalue weighted by molar-refractivity contribution is -0.164. The summed E-state index contributed by atoms with van der Waals surface area (Å²) in [6, 6.07) is 4.79. The fourth-order valence-electron chi connectivity index (χ4n) is 3.20. The van der Waals surface area contributed by atoms with Gasteiger partial charge in [-0.25, -0.2) is 4.79 Å². The number of nitrogens with zero attached hydrogens (tertiary/aromatic N) is 1. The maximum Gasteiger partial charge on any atom is 0.332 e. The third-order valence-corrected chi connectivity index (χ3v) is 5.03. The molecule has 2 aliphatic rings. The van der Waals surface area contributed by atoms with Crippen molar-refractivity contribution in [2.75, 3.05) is 13.2 Å². The zero-order chi connectivity index (χ0) is 15.0. The number of esters is 1. The molecule has 3 rings (SSSR count). The standard InChI is InChI=1S/C15H15Cl2NO3/c16-11-4-3-10(9-12(11)17)13(19)18-7-8-21-14(20)15(18)5-1-2-6-15/h3-4,9H,1-2,5-8H2. The van der Waals surface area contributed by atoms with Gasteiger partial charge in [-0.05, 0) is 31.0 Å². The molecule has 1 saturated heterocycles. The van der Waals surface area contributed by atoms with Crippen LogP contribution in [0.2, 0.25) is 10.0 Å². The van der Waals surface area contributed by atoms with E-state index >= 15 is 0 Å². The van der Waals surface area contributed by atoms with Gasteiger partial charge < -0.3 is 9.64 Å². The summed E-state index contributed by atoms with van der Waals surface area (Å²) in [6.45, 7) is 0.665. The zero-order valence-corrected chi connectivity index (χ0v) is 12.9. The van der Waals surface area contributed by atoms with Crippen LogP contribution < -0.4 is 0 Å². The van der Waals surface area contributed by atoms with Crippen LogP contribution in [0.25, 0.3) is 0 Å². The number of ether oxygens (including phenoxy) is 1. The van der Waals surface area contributed by atoms with E-state index in [-0.39, 0.29) is 18.5 Å². The molecule has 0 bridgehead atoms. The van der Waals surface area contributed by atoms with Crippen LogP contribution in [0, 0.1) is 0 Å². The SMILES string of the molecule is O=C(c1ccc(Cl)c(Cl)c1)N1CCOC(=O)C12CCCC2. The first-order valence-corrected chi connectivity index (χ1v) is 7.74. The predicted octanol–water partition coefficient (Wildman–Crippen LogP) is 3.31. The highest BCUT2D eigenvalue weighted by Gasteiger charge is 2.51. The van der Waals surface area contributed by atoms with Gasteiger partial charge in [0, 0.05) is 5.56 Å². The molecule has 2 fully saturated rings. The summed E-state index contributed by atoms with van der Waals surface area (Å²) >= 11 is 11.9. The van der Waals surface area contributed by atoms with Crippen molar-refractivity contribution in [2.24, 2.45) is 0 Å². The van der Waals surface area contributed by atoms with Gasteiger partial charge in [-0.2, -0.15) is 0 Å². The third-order valence-electron chi connectivity index (χ3n) is 4.29. The summed E-state index contributed by atoms with van der Waals surface area (Å²) < 4.78 is 5.19. The molecule has 1 spiro atoms. The lowest BCUT2D eigenvalue weighted by Crippen LogP contribution is -2.60. The number of hydrogen-bond acceptors (Lipinski definition) is 3. The van der Waals surface area contributed by atoms with Crippen molar-refractivity contribution in [1.29, 1.82) is 0 Å². The molecule has 112 valence electrons. The molecule has 1 aliphatic carbocycles. The Kier molecular flexibility index (Phi) is 3.84. The van der Waals surface area contributed by atoms with Crippen molar-refractivity contribution >= 4 is 35.1 Å². The molecule has 4 nitrogen and oxygen atoms in total. The Morgan fingerprint density at radius 2 is 1.90 bits per heavy atom. The molecule has 0 unspecified atom stereocenters. The highest BCUT2D eigenvalue weighted by Crippen LogP contribution is 2.39. The number of halogens is 2. The molecule has 6 heteroatoms. The van der Waals surface area contributed by atoms with Crippen molar-refractivity contribution < 1.29 is 14.3 Å². The number of hydrogen-bond donors (Lipinski definition) is 0. The van der Waals surface area contributed by atoms with E-state index in [1.54, 1.807) is 23.1 Å². The lowest BCUT2D eigenvalue weighted by Gasteiger charge is -2.42. The van der Waals surface area contributed by atoms with Gasteiger partial charge in [-0.1, -0.05) is 36.0 Å². The van der Waals surface area contributed by atoms with E-state index in [2.05, 4.69) is 0 Å². The van der Waals surface area contributed by atoms with Crippen molar-refractivity contribution in [3.8, 4) is 0 Å². The van der Waals surface area contributed by atoms with Gasteiger partial charge in [-0.3, -0.25) is 4.79 Å². The second-order valence-corrected chi connectivity index (χ2v) is 6.27. The van der Waals surface area contributed by atoms with E-state index in [0.717, 1.165) is 12.8 Å². The molecular weight excluding hydrogens is 313 g/mol. The van der Waals surface area contributed by atoms with Gasteiger partial charge in [0.25, 0.3) is 5.91 Å². The largest absolute Gasteiger partial charge is 0.462 e. The van der Waals surface area contributed by atoms with Gasteiger partial charge in [0.2, 0.25) is 0 Å². The Balaban J connectivity index is 1.95. The Morgan fingerprint density at radius 1 is 1.19 bits per heavy atom. The fraction of sp³-hybridized carbons (Fsp3) is 0.467. The third kappa shape index (κ3) is 2.40. The van der Waals surface area contributed by atoms with Crippen LogP contribution in [0.1, 0.15) is 36.0 Å². The number of carbonyl (C=O) groups excluding carboxylic acids is 2.